The van der Waals surface area contributed by atoms with Crippen molar-refractivity contribution in [2.75, 3.05) is 0 Å². The Morgan fingerprint density at radius 3 is 2.19 bits per heavy atom. The maximum atomic E-state index is 12.9. The van der Waals surface area contributed by atoms with Gasteiger partial charge in [0.05, 0.1) is 17.1 Å². The van der Waals surface area contributed by atoms with Crippen LogP contribution in [0.5, 0.6) is 0 Å². The summed E-state index contributed by atoms with van der Waals surface area (Å²) in [6.45, 7) is 14.0. The molecular weight excluding hydrogens is 340 g/mol. The van der Waals surface area contributed by atoms with Gasteiger partial charge >= 0.3 is 5.97 Å². The van der Waals surface area contributed by atoms with Crippen molar-refractivity contribution in [3.8, 4) is 0 Å². The summed E-state index contributed by atoms with van der Waals surface area (Å²) in [5, 5.41) is 13.9. The number of hydrogen-bond donors (Lipinski definition) is 0. The first-order valence-corrected chi connectivity index (χ1v) is 9.58. The lowest BCUT2D eigenvalue weighted by molar-refractivity contribution is -0.238. The van der Waals surface area contributed by atoms with Gasteiger partial charge in [-0.1, -0.05) is 36.4 Å². The van der Waals surface area contributed by atoms with Crippen LogP contribution in [0.25, 0.3) is 0 Å². The number of hydroxylamine groups is 2. The number of carbonyl (C=O) groups excluding carboxylic acids is 1. The number of carbonyl (C=O) groups is 1. The van der Waals surface area contributed by atoms with Crippen LogP contribution in [0.15, 0.2) is 42.0 Å². The molecule has 1 radical (unpaired) electrons. The number of nitrogens with zero attached hydrogens (tertiary/aromatic N) is 2. The van der Waals surface area contributed by atoms with E-state index < -0.39 is 16.7 Å². The van der Waals surface area contributed by atoms with Crippen molar-refractivity contribution in [2.45, 2.75) is 83.8 Å². The van der Waals surface area contributed by atoms with E-state index in [4.69, 9.17) is 4.74 Å². The van der Waals surface area contributed by atoms with E-state index in [9.17, 15) is 10.0 Å². The minimum Gasteiger partial charge on any atom is -0.459 e. The lowest BCUT2D eigenvalue weighted by Gasteiger charge is -2.34. The zero-order valence-corrected chi connectivity index (χ0v) is 17.4. The molecule has 0 aromatic heterocycles. The highest BCUT2D eigenvalue weighted by Gasteiger charge is 2.62. The third-order valence-corrected chi connectivity index (χ3v) is 5.35. The molecule has 0 amide bonds. The summed E-state index contributed by atoms with van der Waals surface area (Å²) in [5.74, 6) is -0.220. The standard InChI is InChI=1S/C22H31N2O3/c1-20(2,3)27-19(25)18-17(23(18)14-15-11-9-8-10-12-15)16-13-21(4,5)24(26)22(16,6)7/h8-13,17-18H,14H2,1-7H3/t17-,18-,23?/m1/s1. The summed E-state index contributed by atoms with van der Waals surface area (Å²) in [5.41, 5.74) is 0.377. The molecule has 147 valence electrons. The molecule has 0 saturated carbocycles. The van der Waals surface area contributed by atoms with Gasteiger partial charge in [-0.2, -0.15) is 0 Å². The maximum absolute atomic E-state index is 12.9. The van der Waals surface area contributed by atoms with Gasteiger partial charge in [0, 0.05) is 6.54 Å². The van der Waals surface area contributed by atoms with Crippen LogP contribution in [0.3, 0.4) is 0 Å². The van der Waals surface area contributed by atoms with E-state index in [1.165, 1.54) is 0 Å². The largest absolute Gasteiger partial charge is 0.459 e. The highest BCUT2D eigenvalue weighted by atomic mass is 16.6. The predicted octanol–water partition coefficient (Wildman–Crippen LogP) is 3.73. The fourth-order valence-corrected chi connectivity index (χ4v) is 4.14. The fraction of sp³-hybridized carbons (Fsp3) is 0.591. The van der Waals surface area contributed by atoms with Gasteiger partial charge in [0.2, 0.25) is 0 Å². The quantitative estimate of drug-likeness (QED) is 0.460. The van der Waals surface area contributed by atoms with E-state index in [2.05, 4.69) is 17.0 Å². The van der Waals surface area contributed by atoms with Crippen LogP contribution < -0.4 is 0 Å². The Kier molecular flexibility index (Phi) is 4.78. The normalized spacial score (nSPS) is 29.3. The van der Waals surface area contributed by atoms with Gasteiger partial charge in [-0.05, 0) is 59.6 Å². The molecular formula is C22H31N2O3. The van der Waals surface area contributed by atoms with E-state index in [0.717, 1.165) is 16.2 Å². The molecule has 1 saturated heterocycles. The van der Waals surface area contributed by atoms with Gasteiger partial charge in [-0.15, -0.1) is 10.3 Å². The number of ether oxygens (including phenoxy) is 1. The summed E-state index contributed by atoms with van der Waals surface area (Å²) < 4.78 is 5.67. The van der Waals surface area contributed by atoms with Crippen molar-refractivity contribution in [1.29, 1.82) is 0 Å². The van der Waals surface area contributed by atoms with Crippen LogP contribution in [0.2, 0.25) is 0 Å². The molecule has 0 bridgehead atoms. The number of benzene rings is 1. The zero-order chi connectivity index (χ0) is 20.2. The van der Waals surface area contributed by atoms with E-state index in [-0.39, 0.29) is 18.1 Å². The maximum Gasteiger partial charge on any atom is 0.325 e. The SMILES string of the molecule is CC(C)(C)OC(=O)[C@H]1[C@@H](C2=CC(C)(C)N([O])C2(C)C)N1Cc1ccccc1. The van der Waals surface area contributed by atoms with Gasteiger partial charge in [0.1, 0.15) is 11.6 Å². The second kappa shape index (κ2) is 6.43. The molecule has 27 heavy (non-hydrogen) atoms. The van der Waals surface area contributed by atoms with Crippen LogP contribution in [0.4, 0.5) is 0 Å². The second-order valence-corrected chi connectivity index (χ2v) is 9.69. The predicted molar refractivity (Wildman–Crippen MR) is 104 cm³/mol. The molecule has 5 heteroatoms. The smallest absolute Gasteiger partial charge is 0.325 e. The second-order valence-electron chi connectivity index (χ2n) is 9.69. The van der Waals surface area contributed by atoms with Crippen LogP contribution in [-0.2, 0) is 21.3 Å². The lowest BCUT2D eigenvalue weighted by atomic mass is 9.92. The molecule has 0 N–H and O–H groups in total. The first kappa shape index (κ1) is 20.1. The Labute approximate surface area is 162 Å². The van der Waals surface area contributed by atoms with Crippen molar-refractivity contribution in [3.63, 3.8) is 0 Å². The zero-order valence-electron chi connectivity index (χ0n) is 17.4. The minimum atomic E-state index is -0.653. The summed E-state index contributed by atoms with van der Waals surface area (Å²) >= 11 is 0. The van der Waals surface area contributed by atoms with Gasteiger partial charge in [0.15, 0.2) is 0 Å². The van der Waals surface area contributed by atoms with Crippen LogP contribution in [0, 0.1) is 0 Å². The molecule has 0 aliphatic carbocycles. The van der Waals surface area contributed by atoms with Crippen molar-refractivity contribution >= 4 is 5.97 Å². The molecule has 1 aromatic carbocycles. The summed E-state index contributed by atoms with van der Waals surface area (Å²) in [4.78, 5) is 15.0. The Hall–Kier alpha value is -1.69. The molecule has 2 heterocycles. The minimum absolute atomic E-state index is 0.103. The van der Waals surface area contributed by atoms with Crippen molar-refractivity contribution < 1.29 is 14.7 Å². The lowest BCUT2D eigenvalue weighted by Crippen LogP contribution is -2.47. The van der Waals surface area contributed by atoms with Crippen LogP contribution >= 0.6 is 0 Å². The van der Waals surface area contributed by atoms with Gasteiger partial charge in [0.25, 0.3) is 0 Å². The first-order chi connectivity index (χ1) is 12.3. The molecule has 1 unspecified atom stereocenters. The molecule has 0 spiro atoms. The molecule has 1 fully saturated rings. The first-order valence-electron chi connectivity index (χ1n) is 9.58. The molecule has 2 aliphatic rings. The van der Waals surface area contributed by atoms with Crippen molar-refractivity contribution in [3.05, 3.63) is 47.5 Å². The Balaban J connectivity index is 1.90. The molecule has 5 nitrogen and oxygen atoms in total. The Morgan fingerprint density at radius 2 is 1.70 bits per heavy atom. The van der Waals surface area contributed by atoms with Crippen LogP contribution in [-0.4, -0.2) is 44.7 Å². The number of hydrogen-bond acceptors (Lipinski definition) is 4. The number of esters is 1. The third kappa shape index (κ3) is 3.82. The Bertz CT molecular complexity index is 747. The monoisotopic (exact) mass is 371 g/mol. The highest BCUT2D eigenvalue weighted by molar-refractivity contribution is 5.82. The summed E-state index contributed by atoms with van der Waals surface area (Å²) in [7, 11) is 0. The average molecular weight is 372 g/mol. The van der Waals surface area contributed by atoms with Crippen LogP contribution in [0.1, 0.15) is 54.0 Å². The van der Waals surface area contributed by atoms with E-state index >= 15 is 0 Å². The average Bonchev–Trinajstić information content (AvgIpc) is 3.20. The van der Waals surface area contributed by atoms with Gasteiger partial charge in [-0.25, -0.2) is 0 Å². The van der Waals surface area contributed by atoms with Crippen molar-refractivity contribution in [1.82, 2.24) is 9.96 Å². The third-order valence-electron chi connectivity index (χ3n) is 5.35. The summed E-state index contributed by atoms with van der Waals surface area (Å²) in [6, 6.07) is 9.63. The molecule has 1 aromatic rings. The number of rotatable bonds is 4. The van der Waals surface area contributed by atoms with E-state index in [1.807, 2.05) is 72.7 Å². The van der Waals surface area contributed by atoms with E-state index in [1.54, 1.807) is 0 Å². The van der Waals surface area contributed by atoms with Crippen molar-refractivity contribution in [2.24, 2.45) is 0 Å². The molecule has 2 aliphatic heterocycles. The summed E-state index contributed by atoms with van der Waals surface area (Å²) in [6.07, 6.45) is 2.03. The highest BCUT2D eigenvalue weighted by Crippen LogP contribution is 2.48. The molecule has 3 rings (SSSR count). The van der Waals surface area contributed by atoms with Gasteiger partial charge < -0.3 is 4.74 Å². The Morgan fingerprint density at radius 1 is 1.11 bits per heavy atom. The topological polar surface area (TPSA) is 52.4 Å². The fourth-order valence-electron chi connectivity index (χ4n) is 4.14. The van der Waals surface area contributed by atoms with E-state index in [0.29, 0.717) is 6.54 Å². The molecule has 3 atom stereocenters. The van der Waals surface area contributed by atoms with Gasteiger partial charge in [-0.3, -0.25) is 9.69 Å².